The maximum Gasteiger partial charge on any atom is 0.359 e. The minimum atomic E-state index is -1.02. The molecule has 1 aromatic heterocycles. The van der Waals surface area contributed by atoms with Gasteiger partial charge in [-0.1, -0.05) is 0 Å². The molecule has 0 radical (unpaired) electrons. The number of ether oxygens (including phenoxy) is 1. The van der Waals surface area contributed by atoms with Gasteiger partial charge in [-0.15, -0.1) is 0 Å². The molecule has 1 aromatic carbocycles. The van der Waals surface area contributed by atoms with Crippen molar-refractivity contribution < 1.29 is 18.7 Å². The van der Waals surface area contributed by atoms with E-state index >= 15 is 0 Å². The van der Waals surface area contributed by atoms with E-state index < -0.39 is 18.0 Å². The summed E-state index contributed by atoms with van der Waals surface area (Å²) in [6.45, 7) is 1.42. The zero-order valence-electron chi connectivity index (χ0n) is 13.3. The summed E-state index contributed by atoms with van der Waals surface area (Å²) in [5.74, 6) is -1.72. The van der Waals surface area contributed by atoms with E-state index in [-0.39, 0.29) is 11.5 Å². The SMILES string of the molecule is CC(OC(=O)c1nn(-c2ccc(F)cc2)c2c1CCCC2)C(N)=O. The van der Waals surface area contributed by atoms with Crippen molar-refractivity contribution in [2.45, 2.75) is 38.7 Å². The van der Waals surface area contributed by atoms with Gasteiger partial charge in [-0.25, -0.2) is 13.9 Å². The van der Waals surface area contributed by atoms with Crippen molar-refractivity contribution in [2.75, 3.05) is 0 Å². The van der Waals surface area contributed by atoms with E-state index in [0.29, 0.717) is 12.1 Å². The lowest BCUT2D eigenvalue weighted by molar-refractivity contribution is -0.125. The van der Waals surface area contributed by atoms with Crippen LogP contribution in [0.15, 0.2) is 24.3 Å². The van der Waals surface area contributed by atoms with E-state index in [4.69, 9.17) is 10.5 Å². The number of carbonyl (C=O) groups excluding carboxylic acids is 2. The summed E-state index contributed by atoms with van der Waals surface area (Å²) < 4.78 is 19.9. The topological polar surface area (TPSA) is 87.2 Å². The van der Waals surface area contributed by atoms with Crippen LogP contribution >= 0.6 is 0 Å². The van der Waals surface area contributed by atoms with Gasteiger partial charge in [-0.2, -0.15) is 5.10 Å². The summed E-state index contributed by atoms with van der Waals surface area (Å²) in [6, 6.07) is 5.91. The number of benzene rings is 1. The van der Waals surface area contributed by atoms with Gasteiger partial charge >= 0.3 is 5.97 Å². The molecule has 0 bridgehead atoms. The zero-order valence-corrected chi connectivity index (χ0v) is 13.3. The quantitative estimate of drug-likeness (QED) is 0.867. The number of amides is 1. The normalized spacial score (nSPS) is 14.8. The summed E-state index contributed by atoms with van der Waals surface area (Å²) >= 11 is 0. The monoisotopic (exact) mass is 331 g/mol. The fourth-order valence-corrected chi connectivity index (χ4v) is 2.83. The Bertz CT molecular complexity index is 783. The van der Waals surface area contributed by atoms with Crippen LogP contribution in [0.25, 0.3) is 5.69 Å². The standard InChI is InChI=1S/C17H18FN3O3/c1-10(16(19)22)24-17(23)15-13-4-2-3-5-14(13)21(20-15)12-8-6-11(18)7-9-12/h6-10H,2-5H2,1H3,(H2,19,22). The predicted molar refractivity (Wildman–Crippen MR) is 84.2 cm³/mol. The fourth-order valence-electron chi connectivity index (χ4n) is 2.83. The Kier molecular flexibility index (Phi) is 4.33. The number of aromatic nitrogens is 2. The maximum atomic E-state index is 13.1. The Labute approximate surface area is 138 Å². The highest BCUT2D eigenvalue weighted by atomic mass is 19.1. The third kappa shape index (κ3) is 3.02. The number of hydrogen-bond donors (Lipinski definition) is 1. The second-order valence-electron chi connectivity index (χ2n) is 5.82. The van der Waals surface area contributed by atoms with Crippen LogP contribution in [-0.4, -0.2) is 27.8 Å². The van der Waals surface area contributed by atoms with E-state index in [9.17, 15) is 14.0 Å². The van der Waals surface area contributed by atoms with Crippen LogP contribution in [-0.2, 0) is 22.4 Å². The van der Waals surface area contributed by atoms with Gasteiger partial charge < -0.3 is 10.5 Å². The Morgan fingerprint density at radius 1 is 1.25 bits per heavy atom. The molecule has 0 saturated heterocycles. The Balaban J connectivity index is 2.00. The van der Waals surface area contributed by atoms with Crippen molar-refractivity contribution >= 4 is 11.9 Å². The third-order valence-electron chi connectivity index (χ3n) is 4.13. The lowest BCUT2D eigenvalue weighted by Crippen LogP contribution is -2.30. The first-order valence-corrected chi connectivity index (χ1v) is 7.84. The number of nitrogens with two attached hydrogens (primary N) is 1. The number of hydrogen-bond acceptors (Lipinski definition) is 4. The van der Waals surface area contributed by atoms with Gasteiger partial charge in [0.2, 0.25) is 0 Å². The van der Waals surface area contributed by atoms with Crippen LogP contribution in [0.5, 0.6) is 0 Å². The van der Waals surface area contributed by atoms with Gasteiger partial charge in [0.15, 0.2) is 11.8 Å². The van der Waals surface area contributed by atoms with Crippen LogP contribution < -0.4 is 5.73 Å². The molecule has 1 heterocycles. The average Bonchev–Trinajstić information content (AvgIpc) is 2.95. The molecule has 24 heavy (non-hydrogen) atoms. The predicted octanol–water partition coefficient (Wildman–Crippen LogP) is 1.92. The van der Waals surface area contributed by atoms with Gasteiger partial charge in [-0.05, 0) is 56.9 Å². The summed E-state index contributed by atoms with van der Waals surface area (Å²) in [7, 11) is 0. The minimum Gasteiger partial charge on any atom is -0.448 e. The molecule has 3 rings (SSSR count). The fraction of sp³-hybridized carbons (Fsp3) is 0.353. The molecule has 0 saturated carbocycles. The molecule has 1 aliphatic carbocycles. The van der Waals surface area contributed by atoms with Crippen LogP contribution in [0, 0.1) is 5.82 Å². The van der Waals surface area contributed by atoms with Gasteiger partial charge in [0.25, 0.3) is 5.91 Å². The smallest absolute Gasteiger partial charge is 0.359 e. The Hall–Kier alpha value is -2.70. The summed E-state index contributed by atoms with van der Waals surface area (Å²) in [5.41, 5.74) is 7.76. The average molecular weight is 331 g/mol. The van der Waals surface area contributed by atoms with Crippen molar-refractivity contribution in [2.24, 2.45) is 5.73 Å². The van der Waals surface area contributed by atoms with Crippen LogP contribution in [0.4, 0.5) is 4.39 Å². The molecule has 0 aliphatic heterocycles. The van der Waals surface area contributed by atoms with Crippen molar-refractivity contribution in [1.29, 1.82) is 0 Å². The number of halogens is 1. The summed E-state index contributed by atoms with van der Waals surface area (Å²) in [6.07, 6.45) is 2.41. The molecule has 6 nitrogen and oxygen atoms in total. The van der Waals surface area contributed by atoms with E-state index in [2.05, 4.69) is 5.10 Å². The molecule has 1 amide bonds. The summed E-state index contributed by atoms with van der Waals surface area (Å²) in [4.78, 5) is 23.5. The lowest BCUT2D eigenvalue weighted by Gasteiger charge is -2.14. The third-order valence-corrected chi connectivity index (χ3v) is 4.13. The molecule has 1 aliphatic rings. The minimum absolute atomic E-state index is 0.196. The van der Waals surface area contributed by atoms with Crippen molar-refractivity contribution in [3.8, 4) is 5.69 Å². The van der Waals surface area contributed by atoms with Gasteiger partial charge in [0.1, 0.15) is 5.82 Å². The second kappa shape index (κ2) is 6.43. The summed E-state index contributed by atoms with van der Waals surface area (Å²) in [5, 5.41) is 4.37. The number of esters is 1. The number of primary amides is 1. The van der Waals surface area contributed by atoms with E-state index in [1.165, 1.54) is 19.1 Å². The molecule has 126 valence electrons. The molecule has 2 aromatic rings. The first-order valence-electron chi connectivity index (χ1n) is 7.84. The lowest BCUT2D eigenvalue weighted by atomic mass is 9.95. The maximum absolute atomic E-state index is 13.1. The van der Waals surface area contributed by atoms with Crippen molar-refractivity contribution in [1.82, 2.24) is 9.78 Å². The molecule has 1 unspecified atom stereocenters. The number of carbonyl (C=O) groups is 2. The first-order chi connectivity index (χ1) is 11.5. The number of fused-ring (bicyclic) bond motifs is 1. The van der Waals surface area contributed by atoms with E-state index in [0.717, 1.165) is 30.5 Å². The zero-order chi connectivity index (χ0) is 17.3. The number of nitrogens with zero attached hydrogens (tertiary/aromatic N) is 2. The molecular weight excluding hydrogens is 313 g/mol. The van der Waals surface area contributed by atoms with Gasteiger partial charge in [-0.3, -0.25) is 4.79 Å². The van der Waals surface area contributed by atoms with Crippen molar-refractivity contribution in [3.63, 3.8) is 0 Å². The largest absolute Gasteiger partial charge is 0.448 e. The number of rotatable bonds is 4. The molecule has 0 spiro atoms. The molecule has 0 fully saturated rings. The first kappa shape index (κ1) is 16.2. The van der Waals surface area contributed by atoms with Crippen molar-refractivity contribution in [3.05, 3.63) is 47.0 Å². The highest BCUT2D eigenvalue weighted by Gasteiger charge is 2.28. The molecule has 1 atom stereocenters. The van der Waals surface area contributed by atoms with Gasteiger partial charge in [0.05, 0.1) is 5.69 Å². The molecule has 7 heteroatoms. The Morgan fingerprint density at radius 2 is 1.92 bits per heavy atom. The van der Waals surface area contributed by atoms with Crippen LogP contribution in [0.1, 0.15) is 41.5 Å². The highest BCUT2D eigenvalue weighted by Crippen LogP contribution is 2.27. The van der Waals surface area contributed by atoms with E-state index in [1.54, 1.807) is 16.8 Å². The molecular formula is C17H18FN3O3. The van der Waals surface area contributed by atoms with Crippen LogP contribution in [0.3, 0.4) is 0 Å². The van der Waals surface area contributed by atoms with Crippen LogP contribution in [0.2, 0.25) is 0 Å². The highest BCUT2D eigenvalue weighted by molar-refractivity contribution is 5.92. The second-order valence-corrected chi connectivity index (χ2v) is 5.82. The van der Waals surface area contributed by atoms with E-state index in [1.807, 2.05) is 0 Å². The molecule has 2 N–H and O–H groups in total. The van der Waals surface area contributed by atoms with Gasteiger partial charge in [0, 0.05) is 11.3 Å². The Morgan fingerprint density at radius 3 is 2.58 bits per heavy atom.